The van der Waals surface area contributed by atoms with Crippen molar-refractivity contribution in [1.29, 1.82) is 0 Å². The zero-order chi connectivity index (χ0) is 22.1. The molecule has 2 N–H and O–H groups in total. The Morgan fingerprint density at radius 2 is 1.90 bits per heavy atom. The van der Waals surface area contributed by atoms with Gasteiger partial charge < -0.3 is 9.84 Å². The largest absolute Gasteiger partial charge is 0.508 e. The minimum absolute atomic E-state index is 0.0653. The summed E-state index contributed by atoms with van der Waals surface area (Å²) in [6.45, 7) is 4.37. The van der Waals surface area contributed by atoms with Crippen molar-refractivity contribution in [3.63, 3.8) is 0 Å². The molecule has 1 aromatic carbocycles. The summed E-state index contributed by atoms with van der Waals surface area (Å²) in [5.41, 5.74) is 1.01. The second-order valence-corrected chi connectivity index (χ2v) is 10.1. The van der Waals surface area contributed by atoms with Gasteiger partial charge in [0.05, 0.1) is 13.0 Å². The Morgan fingerprint density at radius 3 is 2.50 bits per heavy atom. The Bertz CT molecular complexity index is 783. The Labute approximate surface area is 180 Å². The van der Waals surface area contributed by atoms with E-state index in [9.17, 15) is 22.9 Å². The minimum atomic E-state index is -4.60. The third-order valence-corrected chi connectivity index (χ3v) is 7.35. The highest BCUT2D eigenvalue weighted by atomic mass is 32.2. The highest BCUT2D eigenvalue weighted by Gasteiger charge is 2.32. The van der Waals surface area contributed by atoms with E-state index in [0.717, 1.165) is 56.9 Å². The average Bonchev–Trinajstić information content (AvgIpc) is 2.72. The van der Waals surface area contributed by atoms with Crippen LogP contribution < -0.4 is 0 Å². The highest BCUT2D eigenvalue weighted by Crippen LogP contribution is 2.38. The van der Waals surface area contributed by atoms with Crippen molar-refractivity contribution in [2.24, 2.45) is 5.92 Å². The van der Waals surface area contributed by atoms with E-state index in [1.165, 1.54) is 12.5 Å². The average molecular weight is 441 g/mol. The molecule has 2 unspecified atom stereocenters. The number of phenolic OH excluding ortho intramolecular Hbond substituents is 1. The summed E-state index contributed by atoms with van der Waals surface area (Å²) in [4.78, 5) is 12.4. The fourth-order valence-corrected chi connectivity index (χ4v) is 5.07. The summed E-state index contributed by atoms with van der Waals surface area (Å²) in [6, 6.07) is 4.89. The molecule has 2 rings (SSSR count). The first kappa shape index (κ1) is 24.7. The van der Waals surface area contributed by atoms with Crippen molar-refractivity contribution < 1.29 is 27.6 Å². The van der Waals surface area contributed by atoms with Crippen molar-refractivity contribution in [2.45, 2.75) is 89.2 Å². The number of aromatic hydroxyl groups is 1. The van der Waals surface area contributed by atoms with Crippen LogP contribution in [0.15, 0.2) is 18.2 Å². The van der Waals surface area contributed by atoms with E-state index in [2.05, 4.69) is 6.92 Å². The van der Waals surface area contributed by atoms with E-state index in [0.29, 0.717) is 5.92 Å². The van der Waals surface area contributed by atoms with Crippen molar-refractivity contribution in [1.82, 2.24) is 0 Å². The smallest absolute Gasteiger partial charge is 0.307 e. The molecular weight excluding hydrogens is 404 g/mol. The first-order valence-corrected chi connectivity index (χ1v) is 12.7. The van der Waals surface area contributed by atoms with Crippen LogP contribution in [0.5, 0.6) is 5.75 Å². The van der Waals surface area contributed by atoms with Gasteiger partial charge in [0.2, 0.25) is 0 Å². The van der Waals surface area contributed by atoms with E-state index < -0.39 is 27.8 Å². The molecule has 1 aliphatic carbocycles. The van der Waals surface area contributed by atoms with Crippen LogP contribution in [0.3, 0.4) is 0 Å². The predicted molar refractivity (Wildman–Crippen MR) is 117 cm³/mol. The molecule has 1 saturated carbocycles. The molecule has 2 atom stereocenters. The number of rotatable bonds is 11. The Balaban J connectivity index is 2.15. The van der Waals surface area contributed by atoms with Crippen LogP contribution in [-0.4, -0.2) is 30.7 Å². The molecule has 0 saturated heterocycles. The van der Waals surface area contributed by atoms with Gasteiger partial charge in [0, 0.05) is 5.56 Å². The van der Waals surface area contributed by atoms with E-state index in [4.69, 9.17) is 4.74 Å². The van der Waals surface area contributed by atoms with E-state index in [1.807, 2.05) is 6.92 Å². The van der Waals surface area contributed by atoms with E-state index in [-0.39, 0.29) is 23.8 Å². The molecule has 30 heavy (non-hydrogen) atoms. The highest BCUT2D eigenvalue weighted by molar-refractivity contribution is 7.86. The molecule has 0 aliphatic heterocycles. The summed E-state index contributed by atoms with van der Waals surface area (Å²) >= 11 is 0. The zero-order valence-corrected chi connectivity index (χ0v) is 19.0. The zero-order valence-electron chi connectivity index (χ0n) is 18.2. The van der Waals surface area contributed by atoms with Gasteiger partial charge in [-0.3, -0.25) is 9.35 Å². The lowest BCUT2D eigenvalue weighted by Gasteiger charge is -2.24. The number of phenols is 1. The topological polar surface area (TPSA) is 101 Å². The summed E-state index contributed by atoms with van der Waals surface area (Å²) < 4.78 is 39.3. The monoisotopic (exact) mass is 440 g/mol. The number of carbonyl (C=O) groups excluding carboxylic acids is 1. The van der Waals surface area contributed by atoms with Gasteiger partial charge in [-0.1, -0.05) is 64.5 Å². The quantitative estimate of drug-likeness (QED) is 0.347. The van der Waals surface area contributed by atoms with Crippen molar-refractivity contribution in [3.8, 4) is 5.75 Å². The number of ether oxygens (including phenoxy) is 1. The molecule has 170 valence electrons. The fourth-order valence-electron chi connectivity index (χ4n) is 4.22. The van der Waals surface area contributed by atoms with Gasteiger partial charge in [-0.2, -0.15) is 8.42 Å². The third kappa shape index (κ3) is 7.27. The van der Waals surface area contributed by atoms with Crippen molar-refractivity contribution in [3.05, 3.63) is 29.3 Å². The molecular formula is C23H36O6S. The second kappa shape index (κ2) is 11.7. The van der Waals surface area contributed by atoms with Gasteiger partial charge in [0.25, 0.3) is 10.1 Å². The first-order chi connectivity index (χ1) is 14.3. The van der Waals surface area contributed by atoms with Gasteiger partial charge in [-0.05, 0) is 42.7 Å². The van der Waals surface area contributed by atoms with Crippen molar-refractivity contribution >= 4 is 16.1 Å². The van der Waals surface area contributed by atoms with Crippen LogP contribution in [0.4, 0.5) is 0 Å². The number of benzene rings is 1. The molecule has 1 aromatic rings. The summed E-state index contributed by atoms with van der Waals surface area (Å²) in [5, 5.41) is 8.77. The number of hydrogen-bond donors (Lipinski definition) is 2. The molecule has 0 heterocycles. The van der Waals surface area contributed by atoms with E-state index in [1.54, 1.807) is 12.1 Å². The standard InChI is InChI=1S/C23H36O6S/c1-3-5-9-17(4-2)16-29-23(25)15-22(30(26,27)28)20-14-19(12-13-21(20)24)18-10-7-6-8-11-18/h12-14,17-18,22,24H,3-11,15-16H2,1-2H3,(H,26,27,28). The number of unbranched alkanes of at least 4 members (excludes halogenated alkanes) is 1. The van der Waals surface area contributed by atoms with Gasteiger partial charge in [-0.25, -0.2) is 0 Å². The molecule has 7 heteroatoms. The maximum Gasteiger partial charge on any atom is 0.307 e. The number of esters is 1. The molecule has 1 aliphatic rings. The summed E-state index contributed by atoms with van der Waals surface area (Å²) in [5.74, 6) is -0.383. The van der Waals surface area contributed by atoms with Gasteiger partial charge >= 0.3 is 5.97 Å². The van der Waals surface area contributed by atoms with Crippen LogP contribution >= 0.6 is 0 Å². The second-order valence-electron chi connectivity index (χ2n) is 8.46. The molecule has 6 nitrogen and oxygen atoms in total. The molecule has 0 aromatic heterocycles. The van der Waals surface area contributed by atoms with Gasteiger partial charge in [0.1, 0.15) is 11.0 Å². The minimum Gasteiger partial charge on any atom is -0.508 e. The molecule has 0 radical (unpaired) electrons. The van der Waals surface area contributed by atoms with Crippen LogP contribution in [0, 0.1) is 5.92 Å². The van der Waals surface area contributed by atoms with Crippen LogP contribution in [0.2, 0.25) is 0 Å². The van der Waals surface area contributed by atoms with E-state index >= 15 is 0 Å². The van der Waals surface area contributed by atoms with Gasteiger partial charge in [0.15, 0.2) is 0 Å². The lowest BCUT2D eigenvalue weighted by atomic mass is 9.83. The normalized spacial score (nSPS) is 17.4. The lowest BCUT2D eigenvalue weighted by molar-refractivity contribution is -0.145. The predicted octanol–water partition coefficient (Wildman–Crippen LogP) is 5.52. The SMILES string of the molecule is CCCCC(CC)COC(=O)CC(c1cc(C2CCCCC2)ccc1O)S(=O)(=O)O. The fraction of sp³-hybridized carbons (Fsp3) is 0.696. The summed E-state index contributed by atoms with van der Waals surface area (Å²) in [6.07, 6.45) is 8.86. The molecule has 0 bridgehead atoms. The lowest BCUT2D eigenvalue weighted by Crippen LogP contribution is -2.20. The Hall–Kier alpha value is -1.60. The number of hydrogen-bond acceptors (Lipinski definition) is 5. The van der Waals surface area contributed by atoms with Crippen molar-refractivity contribution in [2.75, 3.05) is 6.61 Å². The van der Waals surface area contributed by atoms with Crippen LogP contribution in [0.1, 0.15) is 100 Å². The maximum atomic E-state index is 12.4. The molecule has 0 spiro atoms. The summed E-state index contributed by atoms with van der Waals surface area (Å²) in [7, 11) is -4.60. The Morgan fingerprint density at radius 1 is 1.20 bits per heavy atom. The Kier molecular flexibility index (Phi) is 9.62. The first-order valence-electron chi connectivity index (χ1n) is 11.2. The van der Waals surface area contributed by atoms with Gasteiger partial charge in [-0.15, -0.1) is 0 Å². The molecule has 0 amide bonds. The maximum absolute atomic E-state index is 12.4. The van der Waals surface area contributed by atoms with Crippen LogP contribution in [0.25, 0.3) is 0 Å². The molecule has 1 fully saturated rings. The van der Waals surface area contributed by atoms with Crippen LogP contribution in [-0.2, 0) is 19.6 Å². The third-order valence-electron chi connectivity index (χ3n) is 6.21. The number of carbonyl (C=O) groups is 1.